The normalized spacial score (nSPS) is 19.0. The van der Waals surface area contributed by atoms with Crippen LogP contribution in [0.4, 0.5) is 10.2 Å². The molecular formula is C16H26FN3O. The molecule has 1 unspecified atom stereocenters. The number of hydrogen-bond donors (Lipinski definition) is 1. The predicted octanol–water partition coefficient (Wildman–Crippen LogP) is 2.72. The van der Waals surface area contributed by atoms with Crippen LogP contribution in [0.2, 0.25) is 0 Å². The minimum absolute atomic E-state index is 0.0171. The average molecular weight is 295 g/mol. The van der Waals surface area contributed by atoms with Gasteiger partial charge in [-0.05, 0) is 39.7 Å². The first-order valence-electron chi connectivity index (χ1n) is 7.57. The molecule has 1 saturated heterocycles. The molecule has 1 atom stereocenters. The SMILES string of the molecule is CN(CC1CCCO1)c1ncc(F)cc1CNC(C)(C)C. The van der Waals surface area contributed by atoms with Crippen molar-refractivity contribution >= 4 is 5.82 Å². The number of nitrogens with one attached hydrogen (secondary N) is 1. The second-order valence-electron chi connectivity index (χ2n) is 6.76. The molecule has 2 heterocycles. The topological polar surface area (TPSA) is 37.4 Å². The van der Waals surface area contributed by atoms with Crippen molar-refractivity contribution in [1.29, 1.82) is 0 Å². The lowest BCUT2D eigenvalue weighted by Crippen LogP contribution is -2.36. The quantitative estimate of drug-likeness (QED) is 0.906. The van der Waals surface area contributed by atoms with Gasteiger partial charge in [-0.3, -0.25) is 0 Å². The Morgan fingerprint density at radius 3 is 2.86 bits per heavy atom. The average Bonchev–Trinajstić information content (AvgIpc) is 2.88. The molecule has 1 aliphatic heterocycles. The number of anilines is 1. The molecule has 1 aromatic rings. The molecule has 0 aromatic carbocycles. The number of halogens is 1. The highest BCUT2D eigenvalue weighted by Crippen LogP contribution is 2.21. The van der Waals surface area contributed by atoms with Gasteiger partial charge in [-0.2, -0.15) is 0 Å². The van der Waals surface area contributed by atoms with Crippen LogP contribution in [0.5, 0.6) is 0 Å². The number of pyridine rings is 1. The number of hydrogen-bond acceptors (Lipinski definition) is 4. The number of ether oxygens (including phenoxy) is 1. The third-order valence-corrected chi connectivity index (χ3v) is 3.58. The molecule has 0 spiro atoms. The molecule has 0 saturated carbocycles. The second-order valence-corrected chi connectivity index (χ2v) is 6.76. The number of nitrogens with zero attached hydrogens (tertiary/aromatic N) is 2. The first-order chi connectivity index (χ1) is 9.85. The van der Waals surface area contributed by atoms with Gasteiger partial charge in [0.1, 0.15) is 11.6 Å². The summed E-state index contributed by atoms with van der Waals surface area (Å²) in [6.45, 7) is 8.51. The Labute approximate surface area is 126 Å². The fourth-order valence-electron chi connectivity index (χ4n) is 2.49. The van der Waals surface area contributed by atoms with Crippen molar-refractivity contribution in [2.45, 2.75) is 51.8 Å². The lowest BCUT2D eigenvalue weighted by Gasteiger charge is -2.26. The van der Waals surface area contributed by atoms with Gasteiger partial charge in [0.25, 0.3) is 0 Å². The van der Waals surface area contributed by atoms with E-state index in [1.807, 2.05) is 7.05 Å². The Bertz CT molecular complexity index is 467. The van der Waals surface area contributed by atoms with Gasteiger partial charge in [-0.25, -0.2) is 9.37 Å². The Morgan fingerprint density at radius 1 is 1.48 bits per heavy atom. The van der Waals surface area contributed by atoms with Gasteiger partial charge >= 0.3 is 0 Å². The van der Waals surface area contributed by atoms with E-state index in [0.29, 0.717) is 6.54 Å². The maximum absolute atomic E-state index is 13.5. The summed E-state index contributed by atoms with van der Waals surface area (Å²) in [4.78, 5) is 6.34. The summed E-state index contributed by atoms with van der Waals surface area (Å²) in [5, 5.41) is 3.39. The molecule has 0 aliphatic carbocycles. The largest absolute Gasteiger partial charge is 0.376 e. The van der Waals surface area contributed by atoms with Crippen molar-refractivity contribution in [3.63, 3.8) is 0 Å². The van der Waals surface area contributed by atoms with E-state index in [1.165, 1.54) is 6.20 Å². The molecule has 118 valence electrons. The lowest BCUT2D eigenvalue weighted by atomic mass is 10.1. The van der Waals surface area contributed by atoms with E-state index in [4.69, 9.17) is 4.74 Å². The van der Waals surface area contributed by atoms with Gasteiger partial charge in [0.2, 0.25) is 0 Å². The van der Waals surface area contributed by atoms with Crippen molar-refractivity contribution in [3.8, 4) is 0 Å². The van der Waals surface area contributed by atoms with Crippen molar-refractivity contribution in [2.75, 3.05) is 25.1 Å². The summed E-state index contributed by atoms with van der Waals surface area (Å²) >= 11 is 0. The fraction of sp³-hybridized carbons (Fsp3) is 0.688. The molecule has 1 aliphatic rings. The molecule has 21 heavy (non-hydrogen) atoms. The van der Waals surface area contributed by atoms with Crippen LogP contribution in [0.15, 0.2) is 12.3 Å². The monoisotopic (exact) mass is 295 g/mol. The van der Waals surface area contributed by atoms with Crippen molar-refractivity contribution in [1.82, 2.24) is 10.3 Å². The zero-order valence-corrected chi connectivity index (χ0v) is 13.4. The molecule has 2 rings (SSSR count). The standard InChI is InChI=1S/C16H26FN3O/c1-16(2,3)19-9-12-8-13(17)10-18-15(12)20(4)11-14-6-5-7-21-14/h8,10,14,19H,5-7,9,11H2,1-4H3. The van der Waals surface area contributed by atoms with Gasteiger partial charge in [0.05, 0.1) is 12.3 Å². The molecule has 1 N–H and O–H groups in total. The van der Waals surface area contributed by atoms with Crippen molar-refractivity contribution in [3.05, 3.63) is 23.6 Å². The number of rotatable bonds is 5. The number of likely N-dealkylation sites (N-methyl/N-ethyl adjacent to an activating group) is 1. The Hall–Kier alpha value is -1.20. The Morgan fingerprint density at radius 2 is 2.24 bits per heavy atom. The summed E-state index contributed by atoms with van der Waals surface area (Å²) in [5.41, 5.74) is 0.863. The van der Waals surface area contributed by atoms with Crippen LogP contribution >= 0.6 is 0 Å². The summed E-state index contributed by atoms with van der Waals surface area (Å²) in [5.74, 6) is 0.527. The maximum Gasteiger partial charge on any atom is 0.141 e. The summed E-state index contributed by atoms with van der Waals surface area (Å²) in [6.07, 6.45) is 3.74. The van der Waals surface area contributed by atoms with Crippen LogP contribution < -0.4 is 10.2 Å². The highest BCUT2D eigenvalue weighted by molar-refractivity contribution is 5.46. The molecular weight excluding hydrogens is 269 g/mol. The molecule has 5 heteroatoms. The van der Waals surface area contributed by atoms with Crippen LogP contribution in [-0.4, -0.2) is 36.8 Å². The maximum atomic E-state index is 13.5. The highest BCUT2D eigenvalue weighted by atomic mass is 19.1. The fourth-order valence-corrected chi connectivity index (χ4v) is 2.49. The van der Waals surface area contributed by atoms with Crippen molar-refractivity contribution in [2.24, 2.45) is 0 Å². The summed E-state index contributed by atoms with van der Waals surface area (Å²) < 4.78 is 19.2. The summed E-state index contributed by atoms with van der Waals surface area (Å²) in [6, 6.07) is 1.56. The first-order valence-corrected chi connectivity index (χ1v) is 7.57. The van der Waals surface area contributed by atoms with Gasteiger partial charge < -0.3 is 15.0 Å². The molecule has 1 fully saturated rings. The van der Waals surface area contributed by atoms with Crippen molar-refractivity contribution < 1.29 is 9.13 Å². The minimum Gasteiger partial charge on any atom is -0.376 e. The van der Waals surface area contributed by atoms with Gasteiger partial charge in [-0.15, -0.1) is 0 Å². The molecule has 4 nitrogen and oxygen atoms in total. The zero-order valence-electron chi connectivity index (χ0n) is 13.4. The molecule has 0 amide bonds. The van der Waals surface area contributed by atoms with Gasteiger partial charge in [-0.1, -0.05) is 0 Å². The van der Waals surface area contributed by atoms with E-state index in [9.17, 15) is 4.39 Å². The molecule has 0 radical (unpaired) electrons. The van der Waals surface area contributed by atoms with E-state index in [-0.39, 0.29) is 17.5 Å². The smallest absolute Gasteiger partial charge is 0.141 e. The third kappa shape index (κ3) is 4.93. The Kier molecular flexibility index (Phi) is 5.17. The van der Waals surface area contributed by atoms with E-state index in [0.717, 1.165) is 37.4 Å². The minimum atomic E-state index is -0.296. The zero-order chi connectivity index (χ0) is 15.5. The highest BCUT2D eigenvalue weighted by Gasteiger charge is 2.20. The van der Waals surface area contributed by atoms with E-state index in [1.54, 1.807) is 6.07 Å². The van der Waals surface area contributed by atoms with Gasteiger partial charge in [0, 0.05) is 37.8 Å². The van der Waals surface area contributed by atoms with E-state index < -0.39 is 0 Å². The molecule has 0 bridgehead atoms. The van der Waals surface area contributed by atoms with E-state index in [2.05, 4.69) is 36.0 Å². The number of aromatic nitrogens is 1. The van der Waals surface area contributed by atoms with Crippen LogP contribution in [-0.2, 0) is 11.3 Å². The van der Waals surface area contributed by atoms with Gasteiger partial charge in [0.15, 0.2) is 0 Å². The van der Waals surface area contributed by atoms with Crippen LogP contribution in [0.3, 0.4) is 0 Å². The predicted molar refractivity (Wildman–Crippen MR) is 83.0 cm³/mol. The summed E-state index contributed by atoms with van der Waals surface area (Å²) in [7, 11) is 1.99. The van der Waals surface area contributed by atoms with Crippen LogP contribution in [0, 0.1) is 5.82 Å². The van der Waals surface area contributed by atoms with E-state index >= 15 is 0 Å². The Balaban J connectivity index is 2.09. The third-order valence-electron chi connectivity index (χ3n) is 3.58. The second kappa shape index (κ2) is 6.71. The lowest BCUT2D eigenvalue weighted by molar-refractivity contribution is 0.116. The molecule has 1 aromatic heterocycles. The first kappa shape index (κ1) is 16.2. The van der Waals surface area contributed by atoms with Crippen LogP contribution in [0.1, 0.15) is 39.2 Å². The van der Waals surface area contributed by atoms with Crippen LogP contribution in [0.25, 0.3) is 0 Å².